The predicted octanol–water partition coefficient (Wildman–Crippen LogP) is -4.09. The summed E-state index contributed by atoms with van der Waals surface area (Å²) in [7, 11) is 0. The van der Waals surface area contributed by atoms with E-state index in [2.05, 4.69) is 16.0 Å². The molecule has 15 heteroatoms. The van der Waals surface area contributed by atoms with Crippen molar-refractivity contribution in [2.75, 3.05) is 6.61 Å². The number of ether oxygens (including phenoxy) is 1. The van der Waals surface area contributed by atoms with Crippen LogP contribution in [0.1, 0.15) is 40.0 Å². The third-order valence-corrected chi connectivity index (χ3v) is 4.87. The molecule has 3 unspecified atom stereocenters. The zero-order valence-electron chi connectivity index (χ0n) is 19.7. The Labute approximate surface area is 201 Å². The molecule has 0 saturated carbocycles. The highest BCUT2D eigenvalue weighted by molar-refractivity contribution is 5.92. The highest BCUT2D eigenvalue weighted by Crippen LogP contribution is 2.12. The molecule has 0 fully saturated rings. The Hall–Kier alpha value is -3.14. The monoisotopic (exact) mass is 506 g/mol. The number of rotatable bonds is 17. The highest BCUT2D eigenvalue weighted by atomic mass is 16.5. The van der Waals surface area contributed by atoms with E-state index in [0.29, 0.717) is 0 Å². The molecule has 0 heterocycles. The standard InChI is InChI=1S/C20H34N4O11/c1-4-11(20(34)24-12(18(21)32)5-6-15(29)30)23-19(33)9(2)35-17(16(31)14(28)8-26)13(7-25)22-10(3)27/h7,9,11-14,16-17,26,28,31H,4-6,8H2,1-3H3,(H2,21,32)(H,22,27)(H,23,33)(H,24,34)(H,29,30)/t9?,11?,12?,13-,14+,16+,17+/m0/s1. The quantitative estimate of drug-likeness (QED) is 0.0880. The number of aliphatic hydroxyl groups excluding tert-OH is 3. The van der Waals surface area contributed by atoms with Gasteiger partial charge in [-0.25, -0.2) is 0 Å². The minimum Gasteiger partial charge on any atom is -0.481 e. The van der Waals surface area contributed by atoms with Crippen LogP contribution in [-0.2, 0) is 33.5 Å². The lowest BCUT2D eigenvalue weighted by atomic mass is 10.0. The van der Waals surface area contributed by atoms with Gasteiger partial charge in [0.1, 0.15) is 48.8 Å². The second-order valence-corrected chi connectivity index (χ2v) is 7.71. The van der Waals surface area contributed by atoms with Gasteiger partial charge in [0.25, 0.3) is 0 Å². The molecule has 0 rings (SSSR count). The normalized spacial score (nSPS) is 17.0. The summed E-state index contributed by atoms with van der Waals surface area (Å²) in [6, 6.07) is -3.97. The van der Waals surface area contributed by atoms with Gasteiger partial charge in [0.2, 0.25) is 23.6 Å². The lowest BCUT2D eigenvalue weighted by Gasteiger charge is -2.32. The summed E-state index contributed by atoms with van der Waals surface area (Å²) in [4.78, 5) is 70.2. The van der Waals surface area contributed by atoms with E-state index in [1.807, 2.05) is 0 Å². The molecule has 4 amide bonds. The molecule has 15 nitrogen and oxygen atoms in total. The molecule has 0 aliphatic rings. The summed E-state index contributed by atoms with van der Waals surface area (Å²) in [6.45, 7) is 2.92. The molecule has 0 aromatic rings. The summed E-state index contributed by atoms with van der Waals surface area (Å²) < 4.78 is 5.41. The fourth-order valence-corrected chi connectivity index (χ4v) is 2.90. The number of nitrogens with one attached hydrogen (secondary N) is 3. The summed E-state index contributed by atoms with van der Waals surface area (Å²) in [5.41, 5.74) is 5.18. The Bertz CT molecular complexity index is 763. The van der Waals surface area contributed by atoms with Gasteiger partial charge in [0.15, 0.2) is 0 Å². The number of aldehydes is 1. The van der Waals surface area contributed by atoms with E-state index in [9.17, 15) is 39.0 Å². The molecule has 0 radical (unpaired) electrons. The van der Waals surface area contributed by atoms with Crippen LogP contribution in [-0.4, -0.2) is 105 Å². The molecular formula is C20H34N4O11. The molecule has 200 valence electrons. The van der Waals surface area contributed by atoms with Crippen LogP contribution >= 0.6 is 0 Å². The van der Waals surface area contributed by atoms with Gasteiger partial charge in [-0.3, -0.25) is 24.0 Å². The molecule has 0 aliphatic heterocycles. The van der Waals surface area contributed by atoms with Crippen molar-refractivity contribution in [2.45, 2.75) is 82.6 Å². The zero-order chi connectivity index (χ0) is 27.3. The van der Waals surface area contributed by atoms with Crippen LogP contribution in [0.2, 0.25) is 0 Å². The third-order valence-electron chi connectivity index (χ3n) is 4.87. The maximum absolute atomic E-state index is 12.6. The first-order valence-electron chi connectivity index (χ1n) is 10.8. The number of amides is 4. The second kappa shape index (κ2) is 15.7. The van der Waals surface area contributed by atoms with Gasteiger partial charge in [-0.05, 0) is 19.8 Å². The first-order valence-corrected chi connectivity index (χ1v) is 10.8. The summed E-state index contributed by atoms with van der Waals surface area (Å²) >= 11 is 0. The van der Waals surface area contributed by atoms with E-state index in [1.165, 1.54) is 13.8 Å². The van der Waals surface area contributed by atoms with Crippen molar-refractivity contribution in [3.63, 3.8) is 0 Å². The Kier molecular flexibility index (Phi) is 14.3. The van der Waals surface area contributed by atoms with Crippen LogP contribution in [0.25, 0.3) is 0 Å². The summed E-state index contributed by atoms with van der Waals surface area (Å²) in [5.74, 6) is -4.55. The minimum atomic E-state index is -1.88. The van der Waals surface area contributed by atoms with Crippen molar-refractivity contribution in [3.8, 4) is 0 Å². The van der Waals surface area contributed by atoms with Gasteiger partial charge < -0.3 is 51.6 Å². The second-order valence-electron chi connectivity index (χ2n) is 7.71. The van der Waals surface area contributed by atoms with Crippen LogP contribution < -0.4 is 21.7 Å². The van der Waals surface area contributed by atoms with Crippen LogP contribution in [0.4, 0.5) is 0 Å². The molecule has 9 N–H and O–H groups in total. The van der Waals surface area contributed by atoms with Crippen molar-refractivity contribution < 1.29 is 53.9 Å². The number of primary amides is 1. The van der Waals surface area contributed by atoms with Crippen LogP contribution in [0.5, 0.6) is 0 Å². The van der Waals surface area contributed by atoms with Crippen molar-refractivity contribution in [1.82, 2.24) is 16.0 Å². The van der Waals surface area contributed by atoms with E-state index < -0.39 is 85.2 Å². The highest BCUT2D eigenvalue weighted by Gasteiger charge is 2.37. The number of carboxylic acid groups (broad SMARTS) is 1. The van der Waals surface area contributed by atoms with E-state index in [-0.39, 0.29) is 19.1 Å². The molecule has 0 spiro atoms. The van der Waals surface area contributed by atoms with Gasteiger partial charge in [0, 0.05) is 13.3 Å². The average Bonchev–Trinajstić information content (AvgIpc) is 2.79. The number of hydrogen-bond donors (Lipinski definition) is 8. The van der Waals surface area contributed by atoms with Gasteiger partial charge >= 0.3 is 5.97 Å². The summed E-state index contributed by atoms with van der Waals surface area (Å²) in [6.07, 6.45) is -7.16. The SMILES string of the molecule is CCC(NC(=O)C(C)O[C@@H]([C@H](O)[C@H](O)CO)[C@H](C=O)NC(C)=O)C(=O)NC(CCC(=O)O)C(N)=O. The van der Waals surface area contributed by atoms with E-state index in [4.69, 9.17) is 20.7 Å². The molecule has 0 saturated heterocycles. The molecule has 0 aliphatic carbocycles. The van der Waals surface area contributed by atoms with Gasteiger partial charge in [-0.15, -0.1) is 0 Å². The number of carboxylic acids is 1. The largest absolute Gasteiger partial charge is 0.481 e. The Balaban J connectivity index is 5.43. The van der Waals surface area contributed by atoms with E-state index >= 15 is 0 Å². The maximum atomic E-state index is 12.6. The first kappa shape index (κ1) is 31.9. The molecule has 0 bridgehead atoms. The topological polar surface area (TPSA) is 255 Å². The minimum absolute atomic E-state index is 0.0485. The molecule has 35 heavy (non-hydrogen) atoms. The Morgan fingerprint density at radius 2 is 1.60 bits per heavy atom. The smallest absolute Gasteiger partial charge is 0.303 e. The van der Waals surface area contributed by atoms with Crippen molar-refractivity contribution in [1.29, 1.82) is 0 Å². The van der Waals surface area contributed by atoms with Gasteiger partial charge in [0.05, 0.1) is 6.61 Å². The molecule has 7 atom stereocenters. The number of aliphatic hydroxyl groups is 3. The predicted molar refractivity (Wildman–Crippen MR) is 117 cm³/mol. The fraction of sp³-hybridized carbons (Fsp3) is 0.700. The van der Waals surface area contributed by atoms with Crippen molar-refractivity contribution in [3.05, 3.63) is 0 Å². The van der Waals surface area contributed by atoms with Crippen molar-refractivity contribution in [2.24, 2.45) is 5.73 Å². The average molecular weight is 507 g/mol. The Morgan fingerprint density at radius 3 is 2.03 bits per heavy atom. The van der Waals surface area contributed by atoms with E-state index in [0.717, 1.165) is 6.92 Å². The van der Waals surface area contributed by atoms with Crippen LogP contribution in [0.15, 0.2) is 0 Å². The van der Waals surface area contributed by atoms with E-state index in [1.54, 1.807) is 0 Å². The van der Waals surface area contributed by atoms with Crippen LogP contribution in [0, 0.1) is 0 Å². The number of carbonyl (C=O) groups excluding carboxylic acids is 5. The lowest BCUT2D eigenvalue weighted by Crippen LogP contribution is -2.57. The van der Waals surface area contributed by atoms with Gasteiger partial charge in [-0.2, -0.15) is 0 Å². The maximum Gasteiger partial charge on any atom is 0.303 e. The number of hydrogen-bond acceptors (Lipinski definition) is 10. The third kappa shape index (κ3) is 11.2. The molecule has 0 aromatic heterocycles. The van der Waals surface area contributed by atoms with Crippen LogP contribution in [0.3, 0.4) is 0 Å². The number of carbonyl (C=O) groups is 6. The fourth-order valence-electron chi connectivity index (χ4n) is 2.90. The molecule has 0 aromatic carbocycles. The van der Waals surface area contributed by atoms with Gasteiger partial charge in [-0.1, -0.05) is 6.92 Å². The summed E-state index contributed by atoms with van der Waals surface area (Å²) in [5, 5.41) is 44.7. The lowest BCUT2D eigenvalue weighted by molar-refractivity contribution is -0.158. The number of nitrogens with two attached hydrogens (primary N) is 1. The molecular weight excluding hydrogens is 472 g/mol. The van der Waals surface area contributed by atoms with Crippen molar-refractivity contribution >= 4 is 35.9 Å². The first-order chi connectivity index (χ1) is 16.3. The zero-order valence-corrected chi connectivity index (χ0v) is 19.7. The number of aliphatic carboxylic acids is 1. The Morgan fingerprint density at radius 1 is 1.03 bits per heavy atom.